The molecule has 3 N–H and O–H groups in total. The number of hydrogen-bond donors (Lipinski definition) is 2. The smallest absolute Gasteiger partial charge is 0.324 e. The number of aromatic nitrogens is 4. The van der Waals surface area contributed by atoms with Crippen molar-refractivity contribution in [1.82, 2.24) is 19.9 Å². The Morgan fingerprint density at radius 2 is 2.17 bits per heavy atom. The van der Waals surface area contributed by atoms with Gasteiger partial charge < -0.3 is 15.5 Å². The fourth-order valence-corrected chi connectivity index (χ4v) is 2.70. The second kappa shape index (κ2) is 5.89. The largest absolute Gasteiger partial charge is 0.423 e. The minimum absolute atomic E-state index is 0.220. The standard InChI is InChI=1S/C16H16ClN5O/c1-4-12-14(17)13-9(3)20-16(22-15(13)21-12)23-11-5-10(8(2)18)6-19-7-11/h5-7H,2,4,18H2,1,3H3,(H,20,21,22). The van der Waals surface area contributed by atoms with Crippen molar-refractivity contribution >= 4 is 28.3 Å². The highest BCUT2D eigenvalue weighted by molar-refractivity contribution is 6.36. The first kappa shape index (κ1) is 15.3. The molecule has 0 aromatic carbocycles. The number of halogens is 1. The first-order chi connectivity index (χ1) is 11.0. The number of aryl methyl sites for hydroxylation is 2. The van der Waals surface area contributed by atoms with Crippen LogP contribution >= 0.6 is 11.6 Å². The molecule has 3 aromatic rings. The van der Waals surface area contributed by atoms with Crippen LogP contribution in [0, 0.1) is 6.92 Å². The third kappa shape index (κ3) is 2.85. The maximum absolute atomic E-state index is 6.35. The van der Waals surface area contributed by atoms with Gasteiger partial charge in [-0.25, -0.2) is 0 Å². The van der Waals surface area contributed by atoms with E-state index in [1.807, 2.05) is 13.8 Å². The third-order valence-corrected chi connectivity index (χ3v) is 3.89. The number of fused-ring (bicyclic) bond motifs is 1. The molecule has 0 bridgehead atoms. The van der Waals surface area contributed by atoms with Crippen molar-refractivity contribution < 1.29 is 4.74 Å². The third-order valence-electron chi connectivity index (χ3n) is 3.47. The van der Waals surface area contributed by atoms with Crippen LogP contribution in [0.25, 0.3) is 16.7 Å². The first-order valence-corrected chi connectivity index (χ1v) is 7.49. The Bertz CT molecular complexity index is 903. The van der Waals surface area contributed by atoms with E-state index >= 15 is 0 Å². The predicted octanol–water partition coefficient (Wildman–Crippen LogP) is 3.60. The summed E-state index contributed by atoms with van der Waals surface area (Å²) >= 11 is 6.35. The van der Waals surface area contributed by atoms with Crippen LogP contribution in [0.1, 0.15) is 23.9 Å². The van der Waals surface area contributed by atoms with Crippen molar-refractivity contribution in [3.8, 4) is 11.8 Å². The minimum Gasteiger partial charge on any atom is -0.423 e. The van der Waals surface area contributed by atoms with Crippen molar-refractivity contribution in [2.75, 3.05) is 0 Å². The summed E-state index contributed by atoms with van der Waals surface area (Å²) in [4.78, 5) is 16.0. The Morgan fingerprint density at radius 3 is 2.87 bits per heavy atom. The SMILES string of the molecule is C=C(N)c1cncc(Oc2nc(C)c3c(Cl)c(CC)[nH]c3n2)c1. The summed E-state index contributed by atoms with van der Waals surface area (Å²) in [6, 6.07) is 1.95. The van der Waals surface area contributed by atoms with E-state index in [-0.39, 0.29) is 6.01 Å². The molecule has 0 fully saturated rings. The van der Waals surface area contributed by atoms with Gasteiger partial charge in [-0.2, -0.15) is 9.97 Å². The molecule has 118 valence electrons. The zero-order valence-corrected chi connectivity index (χ0v) is 13.6. The second-order valence-electron chi connectivity index (χ2n) is 5.12. The van der Waals surface area contributed by atoms with Gasteiger partial charge in [-0.15, -0.1) is 0 Å². The molecule has 3 aromatic heterocycles. The first-order valence-electron chi connectivity index (χ1n) is 7.12. The highest BCUT2D eigenvalue weighted by Crippen LogP contribution is 2.30. The van der Waals surface area contributed by atoms with Gasteiger partial charge in [-0.05, 0) is 19.4 Å². The van der Waals surface area contributed by atoms with Gasteiger partial charge in [0.05, 0.1) is 22.3 Å². The van der Waals surface area contributed by atoms with E-state index < -0.39 is 0 Å². The Morgan fingerprint density at radius 1 is 1.39 bits per heavy atom. The summed E-state index contributed by atoms with van der Waals surface area (Å²) < 4.78 is 5.70. The summed E-state index contributed by atoms with van der Waals surface area (Å²) in [5.74, 6) is 0.487. The maximum Gasteiger partial charge on any atom is 0.324 e. The fraction of sp³-hybridized carbons (Fsp3) is 0.188. The minimum atomic E-state index is 0.220. The Hall–Kier alpha value is -2.60. The molecule has 0 saturated heterocycles. The monoisotopic (exact) mass is 329 g/mol. The van der Waals surface area contributed by atoms with Crippen molar-refractivity contribution in [3.05, 3.63) is 47.0 Å². The van der Waals surface area contributed by atoms with Crippen LogP contribution in [0.15, 0.2) is 25.0 Å². The molecule has 7 heteroatoms. The number of nitrogens with zero attached hydrogens (tertiary/aromatic N) is 3. The highest BCUT2D eigenvalue weighted by atomic mass is 35.5. The van der Waals surface area contributed by atoms with Gasteiger partial charge in [0.1, 0.15) is 11.4 Å². The van der Waals surface area contributed by atoms with Crippen LogP contribution in [-0.4, -0.2) is 19.9 Å². The van der Waals surface area contributed by atoms with Gasteiger partial charge >= 0.3 is 6.01 Å². The van der Waals surface area contributed by atoms with Gasteiger partial charge in [-0.3, -0.25) is 4.98 Å². The zero-order chi connectivity index (χ0) is 16.6. The predicted molar refractivity (Wildman–Crippen MR) is 90.5 cm³/mol. The van der Waals surface area contributed by atoms with Crippen LogP contribution in [0.4, 0.5) is 0 Å². The topological polar surface area (TPSA) is 89.7 Å². The molecular formula is C16H16ClN5O. The molecule has 6 nitrogen and oxygen atoms in total. The van der Waals surface area contributed by atoms with E-state index in [9.17, 15) is 0 Å². The van der Waals surface area contributed by atoms with Crippen LogP contribution < -0.4 is 10.5 Å². The number of pyridine rings is 1. The second-order valence-corrected chi connectivity index (χ2v) is 5.50. The molecule has 3 rings (SSSR count). The maximum atomic E-state index is 6.35. The summed E-state index contributed by atoms with van der Waals surface area (Å²) in [6.45, 7) is 7.57. The van der Waals surface area contributed by atoms with Gasteiger partial charge in [0.15, 0.2) is 0 Å². The van der Waals surface area contributed by atoms with Gasteiger partial charge in [0.2, 0.25) is 0 Å². The lowest BCUT2D eigenvalue weighted by molar-refractivity contribution is 0.440. The van der Waals surface area contributed by atoms with Crippen molar-refractivity contribution in [2.45, 2.75) is 20.3 Å². The molecule has 0 aliphatic heterocycles. The Kier molecular flexibility index (Phi) is 3.92. The molecule has 3 heterocycles. The average Bonchev–Trinajstić information content (AvgIpc) is 2.84. The Labute approximate surface area is 138 Å². The summed E-state index contributed by atoms with van der Waals surface area (Å²) in [5, 5.41) is 1.48. The molecule has 0 amide bonds. The molecule has 0 radical (unpaired) electrons. The number of rotatable bonds is 4. The molecule has 0 spiro atoms. The zero-order valence-electron chi connectivity index (χ0n) is 12.9. The van der Waals surface area contributed by atoms with Crippen LogP contribution in [0.5, 0.6) is 11.8 Å². The summed E-state index contributed by atoms with van der Waals surface area (Å²) in [7, 11) is 0. The van der Waals surface area contributed by atoms with Gasteiger partial charge in [-0.1, -0.05) is 25.1 Å². The van der Waals surface area contributed by atoms with Crippen LogP contribution in [0.3, 0.4) is 0 Å². The van der Waals surface area contributed by atoms with Crippen molar-refractivity contribution in [1.29, 1.82) is 0 Å². The molecule has 0 atom stereocenters. The number of nitrogens with one attached hydrogen (secondary N) is 1. The van der Waals surface area contributed by atoms with Crippen LogP contribution in [0.2, 0.25) is 5.02 Å². The van der Waals surface area contributed by atoms with Crippen LogP contribution in [-0.2, 0) is 6.42 Å². The number of ether oxygens (including phenoxy) is 1. The fourth-order valence-electron chi connectivity index (χ4n) is 2.29. The molecule has 0 aliphatic rings. The number of hydrogen-bond acceptors (Lipinski definition) is 5. The molecule has 0 unspecified atom stereocenters. The lowest BCUT2D eigenvalue weighted by Gasteiger charge is -2.06. The summed E-state index contributed by atoms with van der Waals surface area (Å²) in [5.41, 5.74) is 9.11. The highest BCUT2D eigenvalue weighted by Gasteiger charge is 2.15. The number of aromatic amines is 1. The lowest BCUT2D eigenvalue weighted by Crippen LogP contribution is -1.98. The number of H-pyrrole nitrogens is 1. The molecule has 0 aliphatic carbocycles. The number of nitrogens with two attached hydrogens (primary N) is 1. The van der Waals surface area contributed by atoms with E-state index in [0.29, 0.717) is 27.7 Å². The summed E-state index contributed by atoms with van der Waals surface area (Å²) in [6.07, 6.45) is 3.96. The van der Waals surface area contributed by atoms with E-state index in [1.54, 1.807) is 18.5 Å². The van der Waals surface area contributed by atoms with E-state index in [2.05, 4.69) is 26.5 Å². The average molecular weight is 330 g/mol. The van der Waals surface area contributed by atoms with Crippen molar-refractivity contribution in [2.24, 2.45) is 5.73 Å². The van der Waals surface area contributed by atoms with E-state index in [0.717, 1.165) is 23.2 Å². The molecular weight excluding hydrogens is 314 g/mol. The van der Waals surface area contributed by atoms with Crippen molar-refractivity contribution in [3.63, 3.8) is 0 Å². The van der Waals surface area contributed by atoms with Gasteiger partial charge in [0.25, 0.3) is 0 Å². The quantitative estimate of drug-likeness (QED) is 0.763. The normalized spacial score (nSPS) is 10.9. The molecule has 0 saturated carbocycles. The van der Waals surface area contributed by atoms with E-state index in [4.69, 9.17) is 22.1 Å². The Balaban J connectivity index is 2.01. The lowest BCUT2D eigenvalue weighted by atomic mass is 10.2. The van der Waals surface area contributed by atoms with Gasteiger partial charge in [0, 0.05) is 23.2 Å². The molecule has 23 heavy (non-hydrogen) atoms. The van der Waals surface area contributed by atoms with E-state index in [1.165, 1.54) is 0 Å².